The van der Waals surface area contributed by atoms with E-state index in [2.05, 4.69) is 59.5 Å². The molecule has 2 aliphatic rings. The highest BCUT2D eigenvalue weighted by atomic mass is 16.7. The number of hydrogen-bond donors (Lipinski definition) is 0. The minimum absolute atomic E-state index is 0.130. The number of fused-ring (bicyclic) bond motifs is 2. The third-order valence-electron chi connectivity index (χ3n) is 5.83. The zero-order chi connectivity index (χ0) is 17.8. The Bertz CT molecular complexity index is 717. The Labute approximate surface area is 156 Å². The van der Waals surface area contributed by atoms with Gasteiger partial charge in [-0.25, -0.2) is 0 Å². The van der Waals surface area contributed by atoms with Gasteiger partial charge in [0.2, 0.25) is 0 Å². The standard InChI is InChI=1S/C23H29NO2/c1-25-22-17-20-12-5-6-13-21(20)23(26-22)14-8-16-24(18-23)15-7-11-19-9-3-2-4-10-19/h2-6,9-10,12-13,22H,7-8,11,14-18H2,1H3/t22-,23-/m0/s1. The molecule has 0 N–H and O–H groups in total. The minimum Gasteiger partial charge on any atom is -0.355 e. The summed E-state index contributed by atoms with van der Waals surface area (Å²) in [5.41, 5.74) is 3.98. The molecule has 0 unspecified atom stereocenters. The number of piperidine rings is 1. The summed E-state index contributed by atoms with van der Waals surface area (Å²) in [6.45, 7) is 3.26. The highest BCUT2D eigenvalue weighted by Crippen LogP contribution is 2.42. The Kier molecular flexibility index (Phi) is 5.39. The minimum atomic E-state index is -0.208. The van der Waals surface area contributed by atoms with E-state index in [1.165, 1.54) is 36.1 Å². The van der Waals surface area contributed by atoms with Gasteiger partial charge in [-0.05, 0) is 55.5 Å². The van der Waals surface area contributed by atoms with E-state index in [1.54, 1.807) is 7.11 Å². The number of ether oxygens (including phenoxy) is 2. The van der Waals surface area contributed by atoms with Crippen molar-refractivity contribution in [1.29, 1.82) is 0 Å². The number of methoxy groups -OCH3 is 1. The van der Waals surface area contributed by atoms with Crippen LogP contribution in [0.3, 0.4) is 0 Å². The maximum atomic E-state index is 6.52. The summed E-state index contributed by atoms with van der Waals surface area (Å²) >= 11 is 0. The first-order valence-electron chi connectivity index (χ1n) is 9.84. The first-order chi connectivity index (χ1) is 12.8. The number of benzene rings is 2. The van der Waals surface area contributed by atoms with E-state index in [4.69, 9.17) is 9.47 Å². The van der Waals surface area contributed by atoms with Crippen LogP contribution in [0.1, 0.15) is 36.0 Å². The van der Waals surface area contributed by atoms with Gasteiger partial charge in [0.05, 0.1) is 0 Å². The predicted octanol–water partition coefficient (Wildman–Crippen LogP) is 4.16. The normalized spacial score (nSPS) is 26.0. The van der Waals surface area contributed by atoms with Gasteiger partial charge in [-0.1, -0.05) is 54.6 Å². The van der Waals surface area contributed by atoms with Gasteiger partial charge in [-0.2, -0.15) is 0 Å². The molecule has 3 heteroatoms. The molecular weight excluding hydrogens is 322 g/mol. The Morgan fingerprint density at radius 2 is 1.92 bits per heavy atom. The lowest BCUT2D eigenvalue weighted by atomic mass is 9.80. The zero-order valence-electron chi connectivity index (χ0n) is 15.7. The van der Waals surface area contributed by atoms with Gasteiger partial charge in [0.1, 0.15) is 5.60 Å². The summed E-state index contributed by atoms with van der Waals surface area (Å²) < 4.78 is 12.1. The van der Waals surface area contributed by atoms with Crippen LogP contribution in [0.25, 0.3) is 0 Å². The van der Waals surface area contributed by atoms with E-state index in [1.807, 2.05) is 0 Å². The van der Waals surface area contributed by atoms with Crippen LogP contribution in [-0.4, -0.2) is 37.9 Å². The van der Waals surface area contributed by atoms with Crippen LogP contribution in [0, 0.1) is 0 Å². The summed E-state index contributed by atoms with van der Waals surface area (Å²) in [7, 11) is 1.76. The average molecular weight is 351 g/mol. The van der Waals surface area contributed by atoms with Gasteiger partial charge in [0, 0.05) is 20.1 Å². The SMILES string of the molecule is CO[C@@H]1Cc2ccccc2[C@@]2(CCCN(CCCc3ccccc3)C2)O1. The van der Waals surface area contributed by atoms with Gasteiger partial charge in [-0.3, -0.25) is 0 Å². The Morgan fingerprint density at radius 1 is 1.12 bits per heavy atom. The van der Waals surface area contributed by atoms with Gasteiger partial charge < -0.3 is 14.4 Å². The summed E-state index contributed by atoms with van der Waals surface area (Å²) in [4.78, 5) is 2.58. The highest BCUT2D eigenvalue weighted by Gasteiger charge is 2.44. The molecule has 0 saturated carbocycles. The molecule has 2 heterocycles. The maximum Gasteiger partial charge on any atom is 0.162 e. The van der Waals surface area contributed by atoms with E-state index < -0.39 is 0 Å². The second-order valence-corrected chi connectivity index (χ2v) is 7.61. The van der Waals surface area contributed by atoms with Gasteiger partial charge in [0.25, 0.3) is 0 Å². The summed E-state index contributed by atoms with van der Waals surface area (Å²) in [6, 6.07) is 19.6. The average Bonchev–Trinajstić information content (AvgIpc) is 2.69. The first-order valence-corrected chi connectivity index (χ1v) is 9.84. The quantitative estimate of drug-likeness (QED) is 0.807. The molecule has 2 atom stereocenters. The van der Waals surface area contributed by atoms with Crippen molar-refractivity contribution in [2.24, 2.45) is 0 Å². The number of nitrogens with zero attached hydrogens (tertiary/aromatic N) is 1. The lowest BCUT2D eigenvalue weighted by molar-refractivity contribution is -0.228. The van der Waals surface area contributed by atoms with Crippen molar-refractivity contribution in [2.45, 2.75) is 44.0 Å². The molecule has 1 fully saturated rings. The fourth-order valence-corrected chi connectivity index (χ4v) is 4.58. The van der Waals surface area contributed by atoms with Gasteiger partial charge in [0.15, 0.2) is 6.29 Å². The van der Waals surface area contributed by atoms with Crippen LogP contribution in [-0.2, 0) is 27.9 Å². The molecule has 0 bridgehead atoms. The van der Waals surface area contributed by atoms with Crippen LogP contribution >= 0.6 is 0 Å². The predicted molar refractivity (Wildman–Crippen MR) is 104 cm³/mol. The Morgan fingerprint density at radius 3 is 2.77 bits per heavy atom. The molecule has 1 saturated heterocycles. The molecule has 0 radical (unpaired) electrons. The smallest absolute Gasteiger partial charge is 0.162 e. The van der Waals surface area contributed by atoms with Crippen molar-refractivity contribution in [1.82, 2.24) is 4.90 Å². The van der Waals surface area contributed by atoms with Gasteiger partial charge >= 0.3 is 0 Å². The molecule has 26 heavy (non-hydrogen) atoms. The number of hydrogen-bond acceptors (Lipinski definition) is 3. The van der Waals surface area contributed by atoms with Crippen molar-refractivity contribution in [3.8, 4) is 0 Å². The van der Waals surface area contributed by atoms with E-state index >= 15 is 0 Å². The molecule has 2 aromatic carbocycles. The fraction of sp³-hybridized carbons (Fsp3) is 0.478. The number of likely N-dealkylation sites (tertiary alicyclic amines) is 1. The van der Waals surface area contributed by atoms with Crippen molar-refractivity contribution in [2.75, 3.05) is 26.7 Å². The van der Waals surface area contributed by atoms with Crippen LogP contribution in [0.15, 0.2) is 54.6 Å². The van der Waals surface area contributed by atoms with Crippen LogP contribution in [0.2, 0.25) is 0 Å². The maximum absolute atomic E-state index is 6.52. The molecule has 0 amide bonds. The van der Waals surface area contributed by atoms with Crippen LogP contribution < -0.4 is 0 Å². The Balaban J connectivity index is 1.45. The Hall–Kier alpha value is -1.68. The van der Waals surface area contributed by atoms with E-state index in [-0.39, 0.29) is 11.9 Å². The molecule has 0 aromatic heterocycles. The molecule has 138 valence electrons. The van der Waals surface area contributed by atoms with Crippen LogP contribution in [0.5, 0.6) is 0 Å². The molecule has 3 nitrogen and oxygen atoms in total. The molecule has 2 aliphatic heterocycles. The van der Waals surface area contributed by atoms with E-state index in [0.717, 1.165) is 32.4 Å². The second kappa shape index (κ2) is 7.91. The highest BCUT2D eigenvalue weighted by molar-refractivity contribution is 5.35. The topological polar surface area (TPSA) is 21.7 Å². The van der Waals surface area contributed by atoms with Gasteiger partial charge in [-0.15, -0.1) is 0 Å². The third kappa shape index (κ3) is 3.71. The molecule has 4 rings (SSSR count). The van der Waals surface area contributed by atoms with Crippen molar-refractivity contribution < 1.29 is 9.47 Å². The van der Waals surface area contributed by atoms with Crippen LogP contribution in [0.4, 0.5) is 0 Å². The lowest BCUT2D eigenvalue weighted by Crippen LogP contribution is -2.52. The first kappa shape index (κ1) is 17.7. The number of rotatable bonds is 5. The fourth-order valence-electron chi connectivity index (χ4n) is 4.58. The monoisotopic (exact) mass is 351 g/mol. The molecule has 0 aliphatic carbocycles. The van der Waals surface area contributed by atoms with Crippen molar-refractivity contribution in [3.63, 3.8) is 0 Å². The largest absolute Gasteiger partial charge is 0.355 e. The number of aryl methyl sites for hydroxylation is 1. The third-order valence-corrected chi connectivity index (χ3v) is 5.83. The van der Waals surface area contributed by atoms with E-state index in [0.29, 0.717) is 0 Å². The molecule has 1 spiro atoms. The zero-order valence-corrected chi connectivity index (χ0v) is 15.7. The molecule has 2 aromatic rings. The van der Waals surface area contributed by atoms with E-state index in [9.17, 15) is 0 Å². The summed E-state index contributed by atoms with van der Waals surface area (Å²) in [5.74, 6) is 0. The second-order valence-electron chi connectivity index (χ2n) is 7.61. The summed E-state index contributed by atoms with van der Waals surface area (Å²) in [5, 5.41) is 0. The van der Waals surface area contributed by atoms with Crippen molar-refractivity contribution >= 4 is 0 Å². The summed E-state index contributed by atoms with van der Waals surface area (Å²) in [6.07, 6.45) is 5.31. The molecular formula is C23H29NO2. The lowest BCUT2D eigenvalue weighted by Gasteiger charge is -2.48. The van der Waals surface area contributed by atoms with Crippen molar-refractivity contribution in [3.05, 3.63) is 71.3 Å².